The van der Waals surface area contributed by atoms with Crippen molar-refractivity contribution in [2.24, 2.45) is 5.73 Å². The van der Waals surface area contributed by atoms with Crippen LogP contribution in [-0.2, 0) is 6.54 Å². The number of carbonyl (C=O) groups excluding carboxylic acids is 2. The first-order chi connectivity index (χ1) is 13.9. The Morgan fingerprint density at radius 2 is 1.90 bits per heavy atom. The Balaban J connectivity index is 1.77. The summed E-state index contributed by atoms with van der Waals surface area (Å²) >= 11 is 0. The molecule has 3 N–H and O–H groups in total. The molecule has 0 saturated carbocycles. The fourth-order valence-corrected chi connectivity index (χ4v) is 2.85. The highest BCUT2D eigenvalue weighted by Crippen LogP contribution is 2.11. The molecular formula is C22H20N4O3. The molecule has 0 spiro atoms. The molecular weight excluding hydrogens is 368 g/mol. The second-order valence-electron chi connectivity index (χ2n) is 6.41. The quantitative estimate of drug-likeness (QED) is 0.662. The summed E-state index contributed by atoms with van der Waals surface area (Å²) < 4.78 is 1.78. The number of nitrogens with zero attached hydrogens (tertiary/aromatic N) is 2. The van der Waals surface area contributed by atoms with Crippen molar-refractivity contribution in [3.05, 3.63) is 75.2 Å². The predicted molar refractivity (Wildman–Crippen MR) is 111 cm³/mol. The van der Waals surface area contributed by atoms with Gasteiger partial charge in [0.05, 0.1) is 11.9 Å². The fourth-order valence-electron chi connectivity index (χ4n) is 2.85. The van der Waals surface area contributed by atoms with Gasteiger partial charge in [-0.15, -0.1) is 0 Å². The van der Waals surface area contributed by atoms with Gasteiger partial charge >= 0.3 is 0 Å². The van der Waals surface area contributed by atoms with Gasteiger partial charge in [0.1, 0.15) is 11.2 Å². The number of carbonyl (C=O) groups is 2. The maximum absolute atomic E-state index is 12.7. The molecule has 0 bridgehead atoms. The molecule has 0 radical (unpaired) electrons. The minimum Gasteiger partial charge on any atom is -0.366 e. The molecule has 3 aromatic rings. The number of hydrogen-bond donors (Lipinski definition) is 2. The molecule has 0 fully saturated rings. The van der Waals surface area contributed by atoms with E-state index >= 15 is 0 Å². The summed E-state index contributed by atoms with van der Waals surface area (Å²) in [5.74, 6) is 4.71. The molecule has 2 heterocycles. The fraction of sp³-hybridized carbons (Fsp3) is 0.182. The second-order valence-corrected chi connectivity index (χ2v) is 6.41. The molecule has 2 aromatic heterocycles. The SMILES string of the molecule is CCn1cc(C(=O)NCC#Cc2ccc(C(N)=O)cc2)c(=O)c2ccc(C)nc21. The molecule has 0 atom stereocenters. The van der Waals surface area contributed by atoms with Crippen LogP contribution >= 0.6 is 0 Å². The molecule has 3 rings (SSSR count). The van der Waals surface area contributed by atoms with Crippen molar-refractivity contribution >= 4 is 22.8 Å². The van der Waals surface area contributed by atoms with Crippen LogP contribution in [0.15, 0.2) is 47.4 Å². The van der Waals surface area contributed by atoms with Crippen LogP contribution in [0, 0.1) is 18.8 Å². The Labute approximate surface area is 167 Å². The van der Waals surface area contributed by atoms with Crippen LogP contribution in [0.4, 0.5) is 0 Å². The first kappa shape index (κ1) is 19.8. The minimum absolute atomic E-state index is 0.0533. The Bertz CT molecular complexity index is 1220. The number of nitrogens with one attached hydrogen (secondary N) is 1. The van der Waals surface area contributed by atoms with E-state index in [2.05, 4.69) is 22.1 Å². The number of benzene rings is 1. The highest BCUT2D eigenvalue weighted by Gasteiger charge is 2.15. The lowest BCUT2D eigenvalue weighted by atomic mass is 10.1. The van der Waals surface area contributed by atoms with Gasteiger partial charge < -0.3 is 15.6 Å². The lowest BCUT2D eigenvalue weighted by molar-refractivity contribution is 0.0955. The molecule has 0 aliphatic rings. The van der Waals surface area contributed by atoms with E-state index < -0.39 is 11.8 Å². The van der Waals surface area contributed by atoms with Crippen molar-refractivity contribution in [2.75, 3.05) is 6.54 Å². The lowest BCUT2D eigenvalue weighted by Gasteiger charge is -2.11. The third-order valence-corrected chi connectivity index (χ3v) is 4.39. The molecule has 0 unspecified atom stereocenters. The van der Waals surface area contributed by atoms with Crippen molar-refractivity contribution in [2.45, 2.75) is 20.4 Å². The average molecular weight is 388 g/mol. The Morgan fingerprint density at radius 1 is 1.17 bits per heavy atom. The molecule has 7 nitrogen and oxygen atoms in total. The van der Waals surface area contributed by atoms with Crippen LogP contribution in [-0.4, -0.2) is 27.9 Å². The van der Waals surface area contributed by atoms with E-state index in [1.807, 2.05) is 13.8 Å². The van der Waals surface area contributed by atoms with E-state index in [1.54, 1.807) is 41.0 Å². The first-order valence-corrected chi connectivity index (χ1v) is 9.08. The molecule has 0 aliphatic heterocycles. The maximum atomic E-state index is 12.7. The van der Waals surface area contributed by atoms with Crippen LogP contribution in [0.3, 0.4) is 0 Å². The smallest absolute Gasteiger partial charge is 0.257 e. The number of rotatable bonds is 4. The predicted octanol–water partition coefficient (Wildman–Crippen LogP) is 1.61. The number of aromatic nitrogens is 2. The highest BCUT2D eigenvalue weighted by molar-refractivity contribution is 5.97. The number of primary amides is 1. The summed E-state index contributed by atoms with van der Waals surface area (Å²) in [4.78, 5) is 40.7. The van der Waals surface area contributed by atoms with Gasteiger partial charge in [-0.3, -0.25) is 14.4 Å². The molecule has 1 aromatic carbocycles. The molecule has 0 aliphatic carbocycles. The van der Waals surface area contributed by atoms with Gasteiger partial charge in [0.15, 0.2) is 0 Å². The van der Waals surface area contributed by atoms with Crippen LogP contribution in [0.5, 0.6) is 0 Å². The van der Waals surface area contributed by atoms with Crippen molar-refractivity contribution in [1.29, 1.82) is 0 Å². The number of hydrogen-bond acceptors (Lipinski definition) is 4. The zero-order valence-corrected chi connectivity index (χ0v) is 16.2. The number of fused-ring (bicyclic) bond motifs is 1. The largest absolute Gasteiger partial charge is 0.366 e. The van der Waals surface area contributed by atoms with Crippen molar-refractivity contribution < 1.29 is 9.59 Å². The van der Waals surface area contributed by atoms with Crippen molar-refractivity contribution in [3.63, 3.8) is 0 Å². The highest BCUT2D eigenvalue weighted by atomic mass is 16.2. The molecule has 7 heteroatoms. The molecule has 2 amide bonds. The average Bonchev–Trinajstić information content (AvgIpc) is 2.71. The summed E-state index contributed by atoms with van der Waals surface area (Å²) in [7, 11) is 0. The van der Waals surface area contributed by atoms with Gasteiger partial charge in [-0.25, -0.2) is 4.98 Å². The summed E-state index contributed by atoms with van der Waals surface area (Å²) in [5.41, 5.74) is 7.34. The molecule has 0 saturated heterocycles. The van der Waals surface area contributed by atoms with E-state index in [9.17, 15) is 14.4 Å². The second kappa shape index (κ2) is 8.40. The van der Waals surface area contributed by atoms with Gasteiger partial charge in [0, 0.05) is 29.6 Å². The van der Waals surface area contributed by atoms with Crippen LogP contribution in [0.2, 0.25) is 0 Å². The Morgan fingerprint density at radius 3 is 2.55 bits per heavy atom. The van der Waals surface area contributed by atoms with Crippen LogP contribution in [0.1, 0.15) is 38.9 Å². The van der Waals surface area contributed by atoms with Crippen molar-refractivity contribution in [3.8, 4) is 11.8 Å². The molecule has 146 valence electrons. The Kier molecular flexibility index (Phi) is 5.74. The summed E-state index contributed by atoms with van der Waals surface area (Å²) in [6.45, 7) is 4.43. The zero-order chi connectivity index (χ0) is 21.0. The summed E-state index contributed by atoms with van der Waals surface area (Å²) in [6, 6.07) is 9.96. The summed E-state index contributed by atoms with van der Waals surface area (Å²) in [5, 5.41) is 3.05. The number of nitrogens with two attached hydrogens (primary N) is 1. The number of amides is 2. The van der Waals surface area contributed by atoms with Crippen LogP contribution in [0.25, 0.3) is 11.0 Å². The van der Waals surface area contributed by atoms with Gasteiger partial charge in [-0.1, -0.05) is 11.8 Å². The first-order valence-electron chi connectivity index (χ1n) is 9.08. The topological polar surface area (TPSA) is 107 Å². The van der Waals surface area contributed by atoms with E-state index in [1.165, 1.54) is 6.20 Å². The monoisotopic (exact) mass is 388 g/mol. The normalized spacial score (nSPS) is 10.3. The summed E-state index contributed by atoms with van der Waals surface area (Å²) in [6.07, 6.45) is 1.53. The van der Waals surface area contributed by atoms with Gasteiger partial charge in [0.2, 0.25) is 11.3 Å². The van der Waals surface area contributed by atoms with Crippen molar-refractivity contribution in [1.82, 2.24) is 14.9 Å². The van der Waals surface area contributed by atoms with Crippen LogP contribution < -0.4 is 16.5 Å². The van der Waals surface area contributed by atoms with E-state index in [0.717, 1.165) is 5.69 Å². The van der Waals surface area contributed by atoms with E-state index in [0.29, 0.717) is 28.7 Å². The van der Waals surface area contributed by atoms with Gasteiger partial charge in [-0.05, 0) is 50.2 Å². The standard InChI is InChI=1S/C22H20N4O3/c1-3-26-13-18(19(27)17-11-6-14(2)25-21(17)26)22(29)24-12-4-5-15-7-9-16(10-8-15)20(23)28/h6-11,13H,3,12H2,1-2H3,(H2,23,28)(H,24,29). The number of pyridine rings is 2. The molecule has 29 heavy (non-hydrogen) atoms. The van der Waals surface area contributed by atoms with E-state index in [4.69, 9.17) is 5.73 Å². The lowest BCUT2D eigenvalue weighted by Crippen LogP contribution is -2.30. The number of aryl methyl sites for hydroxylation is 2. The minimum atomic E-state index is -0.504. The third-order valence-electron chi connectivity index (χ3n) is 4.39. The third kappa shape index (κ3) is 4.33. The maximum Gasteiger partial charge on any atom is 0.257 e. The Hall–Kier alpha value is -3.92. The van der Waals surface area contributed by atoms with Gasteiger partial charge in [0.25, 0.3) is 5.91 Å². The van der Waals surface area contributed by atoms with Gasteiger partial charge in [-0.2, -0.15) is 0 Å². The van der Waals surface area contributed by atoms with E-state index in [-0.39, 0.29) is 17.5 Å². The zero-order valence-electron chi connectivity index (χ0n) is 16.2.